The van der Waals surface area contributed by atoms with Crippen molar-refractivity contribution in [2.75, 3.05) is 13.2 Å². The number of carbonyl (C=O) groups is 3. The molecule has 0 aliphatic carbocycles. The van der Waals surface area contributed by atoms with Gasteiger partial charge in [-0.2, -0.15) is 0 Å². The molecule has 0 saturated carbocycles. The highest BCUT2D eigenvalue weighted by Crippen LogP contribution is 2.18. The quantitative estimate of drug-likeness (QED) is 0.0261. The van der Waals surface area contributed by atoms with Crippen molar-refractivity contribution in [1.82, 2.24) is 0 Å². The van der Waals surface area contributed by atoms with Gasteiger partial charge in [-0.05, 0) is 109 Å². The average molecular weight is 1130 g/mol. The third kappa shape index (κ3) is 67.3. The standard InChI is InChI=1S/C75H132O6/c1-4-7-10-13-16-19-22-25-27-28-29-30-31-32-33-34-35-36-37-38-39-40-41-42-43-44-45-46-48-50-53-56-59-62-65-68-74(77)80-71-72(70-79-73(76)67-64-61-58-55-52-49-24-21-18-15-12-9-6-3)81-75(78)69-66-63-60-57-54-51-47-26-23-20-17-14-11-8-5-2/h8,11-12,15,17,20-21,24,26,28-29,47,54,57,72H,4-7,9-10,13-14,16,18-19,22-23,25,27,30-46,48-53,55-56,58-71H2,1-3H3/b11-8-,15-12-,20-17-,24-21-,29-28-,47-26-,57-54-. The Morgan fingerprint density at radius 2 is 0.506 bits per heavy atom. The summed E-state index contributed by atoms with van der Waals surface area (Å²) >= 11 is 0. The van der Waals surface area contributed by atoms with Crippen molar-refractivity contribution in [3.8, 4) is 0 Å². The maximum absolute atomic E-state index is 12.9. The number of carbonyl (C=O) groups excluding carboxylic acids is 3. The number of unbranched alkanes of at least 4 members (excludes halogenated alkanes) is 39. The number of ether oxygens (including phenoxy) is 3. The molecule has 468 valence electrons. The number of hydrogen-bond donors (Lipinski definition) is 0. The first-order chi connectivity index (χ1) is 40.0. The molecule has 0 N–H and O–H groups in total. The van der Waals surface area contributed by atoms with Gasteiger partial charge in [0.25, 0.3) is 0 Å². The molecule has 0 aromatic carbocycles. The Kier molecular flexibility index (Phi) is 66.2. The fourth-order valence-electron chi connectivity index (χ4n) is 10.1. The van der Waals surface area contributed by atoms with Crippen molar-refractivity contribution >= 4 is 17.9 Å². The molecule has 0 aliphatic heterocycles. The van der Waals surface area contributed by atoms with Crippen LogP contribution < -0.4 is 0 Å². The zero-order chi connectivity index (χ0) is 58.5. The van der Waals surface area contributed by atoms with E-state index in [0.29, 0.717) is 19.3 Å². The first kappa shape index (κ1) is 77.6. The molecule has 81 heavy (non-hydrogen) atoms. The molecule has 0 fully saturated rings. The molecule has 0 aromatic heterocycles. The van der Waals surface area contributed by atoms with Crippen molar-refractivity contribution in [2.45, 2.75) is 361 Å². The predicted octanol–water partition coefficient (Wildman–Crippen LogP) is 24.2. The first-order valence-electron chi connectivity index (χ1n) is 35.1. The van der Waals surface area contributed by atoms with Gasteiger partial charge >= 0.3 is 17.9 Å². The summed E-state index contributed by atoms with van der Waals surface area (Å²) < 4.78 is 16.9. The lowest BCUT2D eigenvalue weighted by atomic mass is 10.0. The van der Waals surface area contributed by atoms with Crippen LogP contribution in [0.15, 0.2) is 85.1 Å². The second kappa shape index (κ2) is 69.1. The zero-order valence-electron chi connectivity index (χ0n) is 53.8. The van der Waals surface area contributed by atoms with Crippen molar-refractivity contribution in [1.29, 1.82) is 0 Å². The van der Waals surface area contributed by atoms with Crippen LogP contribution in [0.2, 0.25) is 0 Å². The van der Waals surface area contributed by atoms with E-state index in [2.05, 4.69) is 106 Å². The first-order valence-corrected chi connectivity index (χ1v) is 35.1. The second-order valence-electron chi connectivity index (χ2n) is 23.4. The Labute approximate surface area is 503 Å². The van der Waals surface area contributed by atoms with E-state index in [1.807, 2.05) is 0 Å². The van der Waals surface area contributed by atoms with Crippen LogP contribution in [0, 0.1) is 0 Å². The highest BCUT2D eigenvalue weighted by molar-refractivity contribution is 5.71. The van der Waals surface area contributed by atoms with Crippen LogP contribution in [0.4, 0.5) is 0 Å². The average Bonchev–Trinajstić information content (AvgIpc) is 3.46. The van der Waals surface area contributed by atoms with Gasteiger partial charge in [-0.15, -0.1) is 0 Å². The van der Waals surface area contributed by atoms with E-state index in [0.717, 1.165) is 109 Å². The minimum absolute atomic E-state index is 0.0954. The molecule has 0 radical (unpaired) electrons. The summed E-state index contributed by atoms with van der Waals surface area (Å²) in [5.41, 5.74) is 0. The maximum Gasteiger partial charge on any atom is 0.306 e. The lowest BCUT2D eigenvalue weighted by Gasteiger charge is -2.18. The summed E-state index contributed by atoms with van der Waals surface area (Å²) in [6, 6.07) is 0. The van der Waals surface area contributed by atoms with E-state index < -0.39 is 6.10 Å². The van der Waals surface area contributed by atoms with Gasteiger partial charge in [0.2, 0.25) is 0 Å². The monoisotopic (exact) mass is 1130 g/mol. The van der Waals surface area contributed by atoms with Gasteiger partial charge in [-0.3, -0.25) is 14.4 Å². The van der Waals surface area contributed by atoms with Gasteiger partial charge in [0.1, 0.15) is 13.2 Å². The molecule has 0 spiro atoms. The molecule has 0 aromatic rings. The molecule has 1 atom stereocenters. The van der Waals surface area contributed by atoms with Gasteiger partial charge < -0.3 is 14.2 Å². The summed E-state index contributed by atoms with van der Waals surface area (Å²) in [5.74, 6) is -0.940. The minimum atomic E-state index is -0.804. The van der Waals surface area contributed by atoms with E-state index in [1.165, 1.54) is 199 Å². The van der Waals surface area contributed by atoms with Crippen LogP contribution >= 0.6 is 0 Å². The van der Waals surface area contributed by atoms with E-state index >= 15 is 0 Å². The molecular weight excluding hydrogens is 997 g/mol. The molecule has 0 heterocycles. The summed E-state index contributed by atoms with van der Waals surface area (Å²) in [7, 11) is 0. The Bertz CT molecular complexity index is 1530. The topological polar surface area (TPSA) is 78.9 Å². The van der Waals surface area contributed by atoms with E-state index in [4.69, 9.17) is 14.2 Å². The van der Waals surface area contributed by atoms with Crippen LogP contribution in [0.3, 0.4) is 0 Å². The largest absolute Gasteiger partial charge is 0.462 e. The number of allylic oxidation sites excluding steroid dienone is 14. The van der Waals surface area contributed by atoms with E-state index in [-0.39, 0.29) is 37.5 Å². The second-order valence-corrected chi connectivity index (χ2v) is 23.4. The predicted molar refractivity (Wildman–Crippen MR) is 353 cm³/mol. The van der Waals surface area contributed by atoms with E-state index in [9.17, 15) is 14.4 Å². The maximum atomic E-state index is 12.9. The molecular formula is C75H132O6. The molecule has 0 aliphatic rings. The van der Waals surface area contributed by atoms with Crippen molar-refractivity contribution < 1.29 is 28.6 Å². The van der Waals surface area contributed by atoms with Gasteiger partial charge in [-0.25, -0.2) is 0 Å². The highest BCUT2D eigenvalue weighted by atomic mass is 16.6. The lowest BCUT2D eigenvalue weighted by Crippen LogP contribution is -2.30. The van der Waals surface area contributed by atoms with Crippen molar-refractivity contribution in [3.05, 3.63) is 85.1 Å². The summed E-state index contributed by atoms with van der Waals surface area (Å²) in [6.45, 7) is 6.45. The molecule has 0 rings (SSSR count). The Balaban J connectivity index is 4.10. The van der Waals surface area contributed by atoms with Crippen LogP contribution in [0.1, 0.15) is 355 Å². The molecule has 1 unspecified atom stereocenters. The van der Waals surface area contributed by atoms with Gasteiger partial charge in [-0.1, -0.05) is 311 Å². The molecule has 0 bridgehead atoms. The molecule has 0 amide bonds. The Morgan fingerprint density at radius 1 is 0.259 bits per heavy atom. The lowest BCUT2D eigenvalue weighted by molar-refractivity contribution is -0.167. The Hall–Kier alpha value is -3.41. The summed E-state index contributed by atoms with van der Waals surface area (Å²) in [4.78, 5) is 38.3. The summed E-state index contributed by atoms with van der Waals surface area (Å²) in [6.07, 6.45) is 92.2. The fourth-order valence-corrected chi connectivity index (χ4v) is 10.1. The fraction of sp³-hybridized carbons (Fsp3) is 0.773. The van der Waals surface area contributed by atoms with Gasteiger partial charge in [0, 0.05) is 19.3 Å². The number of rotatable bonds is 64. The summed E-state index contributed by atoms with van der Waals surface area (Å²) in [5, 5.41) is 0. The smallest absolute Gasteiger partial charge is 0.306 e. The molecule has 6 heteroatoms. The number of hydrogen-bond acceptors (Lipinski definition) is 6. The third-order valence-electron chi connectivity index (χ3n) is 15.3. The molecule has 6 nitrogen and oxygen atoms in total. The van der Waals surface area contributed by atoms with Crippen LogP contribution in [0.25, 0.3) is 0 Å². The van der Waals surface area contributed by atoms with Gasteiger partial charge in [0.05, 0.1) is 0 Å². The van der Waals surface area contributed by atoms with Crippen LogP contribution in [0.5, 0.6) is 0 Å². The van der Waals surface area contributed by atoms with Crippen molar-refractivity contribution in [2.24, 2.45) is 0 Å². The molecule has 0 saturated heterocycles. The SMILES string of the molecule is CC/C=C\C/C=C\C/C=C\C/C=C\CCCCC(=O)OC(COC(=O)CCCCCCC/C=C\C/C=C\CCC)COC(=O)CCCCCCCCCCCCCCCCCCCCCCCCC/C=C\CCCCCCCCCC. The normalized spacial score (nSPS) is 12.6. The van der Waals surface area contributed by atoms with Crippen LogP contribution in [-0.4, -0.2) is 37.2 Å². The number of esters is 3. The van der Waals surface area contributed by atoms with Gasteiger partial charge in [0.15, 0.2) is 6.10 Å². The third-order valence-corrected chi connectivity index (χ3v) is 15.3. The highest BCUT2D eigenvalue weighted by Gasteiger charge is 2.19. The zero-order valence-corrected chi connectivity index (χ0v) is 53.8. The minimum Gasteiger partial charge on any atom is -0.462 e. The van der Waals surface area contributed by atoms with Crippen molar-refractivity contribution in [3.63, 3.8) is 0 Å². The van der Waals surface area contributed by atoms with E-state index in [1.54, 1.807) is 0 Å². The Morgan fingerprint density at radius 3 is 0.840 bits per heavy atom. The van der Waals surface area contributed by atoms with Crippen LogP contribution in [-0.2, 0) is 28.6 Å².